The summed E-state index contributed by atoms with van der Waals surface area (Å²) < 4.78 is 5.63. The third kappa shape index (κ3) is 4.45. The van der Waals surface area contributed by atoms with E-state index in [-0.39, 0.29) is 13.2 Å². The molecular weight excluding hydrogens is 296 g/mol. The lowest BCUT2D eigenvalue weighted by molar-refractivity contribution is -0.219. The van der Waals surface area contributed by atoms with Crippen LogP contribution in [0.15, 0.2) is 0 Å². The minimum atomic E-state index is -1.37. The molecule has 0 amide bonds. The van der Waals surface area contributed by atoms with Crippen LogP contribution in [0.4, 0.5) is 0 Å². The SMILES string of the molecule is CCC(O)(CC)C(O)(CC)COCC(O)(CC)C(O)(CC)CC. The first-order valence-electron chi connectivity index (χ1n) is 9.04. The van der Waals surface area contributed by atoms with Crippen molar-refractivity contribution in [3.63, 3.8) is 0 Å². The molecule has 0 saturated carbocycles. The van der Waals surface area contributed by atoms with Crippen molar-refractivity contribution in [2.45, 2.75) is 102 Å². The van der Waals surface area contributed by atoms with Gasteiger partial charge in [0, 0.05) is 0 Å². The molecule has 0 saturated heterocycles. The third-order valence-electron chi connectivity index (χ3n) is 5.92. The smallest absolute Gasteiger partial charge is 0.116 e. The summed E-state index contributed by atoms with van der Waals surface area (Å²) in [6, 6.07) is 0. The van der Waals surface area contributed by atoms with Crippen molar-refractivity contribution in [1.29, 1.82) is 0 Å². The van der Waals surface area contributed by atoms with Crippen LogP contribution in [0, 0.1) is 0 Å². The Labute approximate surface area is 141 Å². The summed E-state index contributed by atoms with van der Waals surface area (Å²) in [5.41, 5.74) is -5.20. The highest BCUT2D eigenvalue weighted by Crippen LogP contribution is 2.35. The van der Waals surface area contributed by atoms with Gasteiger partial charge in [0.25, 0.3) is 0 Å². The van der Waals surface area contributed by atoms with Gasteiger partial charge in [-0.1, -0.05) is 41.5 Å². The van der Waals surface area contributed by atoms with Crippen molar-refractivity contribution in [3.05, 3.63) is 0 Å². The molecule has 0 heterocycles. The van der Waals surface area contributed by atoms with E-state index in [1.54, 1.807) is 13.8 Å². The number of aliphatic hydroxyl groups is 4. The normalized spacial score (nSPS) is 18.5. The van der Waals surface area contributed by atoms with Gasteiger partial charge in [0.2, 0.25) is 0 Å². The van der Waals surface area contributed by atoms with Crippen LogP contribution in [0.2, 0.25) is 0 Å². The van der Waals surface area contributed by atoms with Crippen molar-refractivity contribution >= 4 is 0 Å². The third-order valence-corrected chi connectivity index (χ3v) is 5.92. The van der Waals surface area contributed by atoms with Crippen molar-refractivity contribution in [2.75, 3.05) is 13.2 Å². The van der Waals surface area contributed by atoms with Crippen LogP contribution in [0.1, 0.15) is 80.1 Å². The molecule has 5 nitrogen and oxygen atoms in total. The average Bonchev–Trinajstić information content (AvgIpc) is 2.59. The summed E-state index contributed by atoms with van der Waals surface area (Å²) in [6.45, 7) is 10.8. The molecule has 0 aromatic heterocycles. The topological polar surface area (TPSA) is 90.2 Å². The molecule has 0 radical (unpaired) electrons. The molecule has 0 aromatic carbocycles. The predicted octanol–water partition coefficient (Wildman–Crippen LogP) is 2.39. The minimum absolute atomic E-state index is 0.0759. The molecule has 0 aliphatic carbocycles. The van der Waals surface area contributed by atoms with Gasteiger partial charge in [0.15, 0.2) is 0 Å². The summed E-state index contributed by atoms with van der Waals surface area (Å²) >= 11 is 0. The highest BCUT2D eigenvalue weighted by Gasteiger charge is 2.48. The van der Waals surface area contributed by atoms with Crippen molar-refractivity contribution in [3.8, 4) is 0 Å². The molecule has 0 aliphatic rings. The highest BCUT2D eigenvalue weighted by atomic mass is 16.5. The number of ether oxygens (including phenoxy) is 1. The van der Waals surface area contributed by atoms with Crippen LogP contribution in [0.25, 0.3) is 0 Å². The average molecular weight is 334 g/mol. The van der Waals surface area contributed by atoms with Gasteiger partial charge in [-0.15, -0.1) is 0 Å². The molecule has 0 spiro atoms. The fourth-order valence-electron chi connectivity index (χ4n) is 3.34. The van der Waals surface area contributed by atoms with Crippen LogP contribution in [-0.2, 0) is 4.74 Å². The maximum absolute atomic E-state index is 10.8. The van der Waals surface area contributed by atoms with Crippen LogP contribution in [0.5, 0.6) is 0 Å². The zero-order valence-corrected chi connectivity index (χ0v) is 15.9. The van der Waals surface area contributed by atoms with E-state index in [0.29, 0.717) is 38.5 Å². The second-order valence-corrected chi connectivity index (χ2v) is 6.74. The minimum Gasteiger partial charge on any atom is -0.387 e. The van der Waals surface area contributed by atoms with Gasteiger partial charge in [-0.05, 0) is 38.5 Å². The second-order valence-electron chi connectivity index (χ2n) is 6.74. The Bertz CT molecular complexity index is 306. The summed E-state index contributed by atoms with van der Waals surface area (Å²) in [5.74, 6) is 0. The van der Waals surface area contributed by atoms with Crippen LogP contribution >= 0.6 is 0 Å². The Morgan fingerprint density at radius 1 is 0.478 bits per heavy atom. The molecule has 23 heavy (non-hydrogen) atoms. The molecule has 0 aliphatic heterocycles. The van der Waals surface area contributed by atoms with Gasteiger partial charge in [-0.3, -0.25) is 0 Å². The van der Waals surface area contributed by atoms with Crippen molar-refractivity contribution in [2.24, 2.45) is 0 Å². The van der Waals surface area contributed by atoms with E-state index in [1.165, 1.54) is 0 Å². The lowest BCUT2D eigenvalue weighted by atomic mass is 9.76. The molecule has 0 bridgehead atoms. The Balaban J connectivity index is 5.09. The summed E-state index contributed by atoms with van der Waals surface area (Å²) in [6.07, 6.45) is 2.38. The summed E-state index contributed by atoms with van der Waals surface area (Å²) in [5, 5.41) is 42.9. The van der Waals surface area contributed by atoms with Crippen molar-refractivity contribution in [1.82, 2.24) is 0 Å². The number of rotatable bonds is 12. The molecule has 0 fully saturated rings. The van der Waals surface area contributed by atoms with E-state index in [2.05, 4.69) is 0 Å². The first kappa shape index (κ1) is 22.8. The van der Waals surface area contributed by atoms with E-state index >= 15 is 0 Å². The Hall–Kier alpha value is -0.200. The number of hydrogen-bond donors (Lipinski definition) is 4. The molecule has 4 N–H and O–H groups in total. The van der Waals surface area contributed by atoms with Gasteiger partial charge < -0.3 is 25.2 Å². The fourth-order valence-corrected chi connectivity index (χ4v) is 3.34. The molecule has 5 heteroatoms. The van der Waals surface area contributed by atoms with Crippen LogP contribution in [-0.4, -0.2) is 56.0 Å². The Morgan fingerprint density at radius 2 is 0.696 bits per heavy atom. The van der Waals surface area contributed by atoms with E-state index in [4.69, 9.17) is 4.74 Å². The van der Waals surface area contributed by atoms with Crippen LogP contribution in [0.3, 0.4) is 0 Å². The van der Waals surface area contributed by atoms with E-state index in [9.17, 15) is 20.4 Å². The molecule has 0 rings (SSSR count). The second kappa shape index (κ2) is 8.77. The van der Waals surface area contributed by atoms with E-state index < -0.39 is 22.4 Å². The quantitative estimate of drug-likeness (QED) is 0.440. The van der Waals surface area contributed by atoms with Gasteiger partial charge in [0.1, 0.15) is 11.2 Å². The highest BCUT2D eigenvalue weighted by molar-refractivity contribution is 5.00. The van der Waals surface area contributed by atoms with Gasteiger partial charge in [-0.25, -0.2) is 0 Å². The Kier molecular flexibility index (Phi) is 8.69. The molecule has 140 valence electrons. The lowest BCUT2D eigenvalue weighted by Crippen LogP contribution is -2.59. The predicted molar refractivity (Wildman–Crippen MR) is 92.4 cm³/mol. The zero-order chi connectivity index (χ0) is 18.4. The van der Waals surface area contributed by atoms with Gasteiger partial charge in [0.05, 0.1) is 24.4 Å². The standard InChI is InChI=1S/C18H38O5/c1-7-15(19,8-2)17(21,11-5)13-23-14-18(22,12-6)16(20,9-3)10-4/h19-22H,7-14H2,1-6H3. The molecule has 2 unspecified atom stereocenters. The van der Waals surface area contributed by atoms with Gasteiger partial charge >= 0.3 is 0 Å². The number of hydrogen-bond acceptors (Lipinski definition) is 5. The zero-order valence-electron chi connectivity index (χ0n) is 15.9. The molecule has 2 atom stereocenters. The van der Waals surface area contributed by atoms with E-state index in [1.807, 2.05) is 27.7 Å². The maximum Gasteiger partial charge on any atom is 0.116 e. The maximum atomic E-state index is 10.8. The van der Waals surface area contributed by atoms with Crippen molar-refractivity contribution < 1.29 is 25.2 Å². The molecular formula is C18H38O5. The van der Waals surface area contributed by atoms with Gasteiger partial charge in [-0.2, -0.15) is 0 Å². The largest absolute Gasteiger partial charge is 0.387 e. The van der Waals surface area contributed by atoms with E-state index in [0.717, 1.165) is 0 Å². The lowest BCUT2D eigenvalue weighted by Gasteiger charge is -2.45. The first-order valence-corrected chi connectivity index (χ1v) is 9.04. The monoisotopic (exact) mass is 334 g/mol. The summed E-state index contributed by atoms with van der Waals surface area (Å²) in [4.78, 5) is 0. The Morgan fingerprint density at radius 3 is 0.870 bits per heavy atom. The summed E-state index contributed by atoms with van der Waals surface area (Å²) in [7, 11) is 0. The molecule has 0 aromatic rings. The first-order chi connectivity index (χ1) is 10.6. The fraction of sp³-hybridized carbons (Fsp3) is 1.00. The van der Waals surface area contributed by atoms with Crippen LogP contribution < -0.4 is 0 Å².